The molecular weight excluding hydrogens is 424 g/mol. The summed E-state index contributed by atoms with van der Waals surface area (Å²) in [6, 6.07) is 0. The van der Waals surface area contributed by atoms with E-state index >= 15 is 0 Å². The molecule has 1 fully saturated rings. The molecule has 0 aromatic carbocycles. The van der Waals surface area contributed by atoms with E-state index < -0.39 is 17.8 Å². The number of carboxylic acid groups (broad SMARTS) is 1. The zero-order chi connectivity index (χ0) is 25.2. The van der Waals surface area contributed by atoms with Crippen LogP contribution in [0.5, 0.6) is 0 Å². The fraction of sp³-hybridized carbons (Fsp3) is 0.933. The first-order valence-electron chi connectivity index (χ1n) is 14.8. The van der Waals surface area contributed by atoms with Gasteiger partial charge in [0, 0.05) is 0 Å². The Labute approximate surface area is 211 Å². The van der Waals surface area contributed by atoms with E-state index in [0.29, 0.717) is 18.8 Å². The van der Waals surface area contributed by atoms with E-state index in [-0.39, 0.29) is 12.1 Å². The van der Waals surface area contributed by atoms with Crippen LogP contribution < -0.4 is 0 Å². The van der Waals surface area contributed by atoms with Gasteiger partial charge in [-0.15, -0.1) is 0 Å². The molecule has 4 heteroatoms. The third-order valence-electron chi connectivity index (χ3n) is 7.79. The molecule has 0 amide bonds. The van der Waals surface area contributed by atoms with Crippen molar-refractivity contribution in [2.24, 2.45) is 23.7 Å². The predicted octanol–water partition coefficient (Wildman–Crippen LogP) is 8.95. The smallest absolute Gasteiger partial charge is 0.310 e. The fourth-order valence-electron chi connectivity index (χ4n) is 5.66. The summed E-state index contributed by atoms with van der Waals surface area (Å²) in [5.74, 6) is -0.880. The first kappa shape index (κ1) is 31.0. The van der Waals surface area contributed by atoms with Crippen LogP contribution in [0.4, 0.5) is 0 Å². The summed E-state index contributed by atoms with van der Waals surface area (Å²) in [6.45, 7) is 9.04. The van der Waals surface area contributed by atoms with Crippen LogP contribution in [-0.4, -0.2) is 23.1 Å². The van der Waals surface area contributed by atoms with Crippen LogP contribution in [0, 0.1) is 23.7 Å². The molecule has 4 atom stereocenters. The maximum Gasteiger partial charge on any atom is 0.310 e. The van der Waals surface area contributed by atoms with Crippen LogP contribution in [0.1, 0.15) is 150 Å². The Bertz CT molecular complexity index is 530. The van der Waals surface area contributed by atoms with Gasteiger partial charge in [0.15, 0.2) is 0 Å². The molecule has 0 heterocycles. The normalized spacial score (nSPS) is 20.3. The Kier molecular flexibility index (Phi) is 17.5. The summed E-state index contributed by atoms with van der Waals surface area (Å²) in [7, 11) is 0. The minimum Gasteiger partial charge on any atom is -0.481 e. The average Bonchev–Trinajstić information content (AvgIpc) is 2.81. The van der Waals surface area contributed by atoms with Gasteiger partial charge >= 0.3 is 11.9 Å². The number of ether oxygens (including phenoxy) is 1. The molecule has 0 aliphatic heterocycles. The number of hydrogen-bond donors (Lipinski definition) is 1. The van der Waals surface area contributed by atoms with Gasteiger partial charge in [0.2, 0.25) is 0 Å². The van der Waals surface area contributed by atoms with Crippen LogP contribution >= 0.6 is 0 Å². The van der Waals surface area contributed by atoms with Crippen molar-refractivity contribution in [3.63, 3.8) is 0 Å². The Morgan fingerprint density at radius 2 is 1.29 bits per heavy atom. The predicted molar refractivity (Wildman–Crippen MR) is 142 cm³/mol. The second-order valence-corrected chi connectivity index (χ2v) is 11.3. The number of hydrogen-bond acceptors (Lipinski definition) is 3. The van der Waals surface area contributed by atoms with Crippen molar-refractivity contribution in [1.82, 2.24) is 0 Å². The lowest BCUT2D eigenvalue weighted by Crippen LogP contribution is -2.37. The van der Waals surface area contributed by atoms with E-state index in [2.05, 4.69) is 27.7 Å². The summed E-state index contributed by atoms with van der Waals surface area (Å²) >= 11 is 0. The molecule has 4 unspecified atom stereocenters. The second-order valence-electron chi connectivity index (χ2n) is 11.3. The van der Waals surface area contributed by atoms with Crippen molar-refractivity contribution in [2.45, 2.75) is 156 Å². The standard InChI is InChI=1S/C30H56O4/c1-5-7-13-20-25(18-6-2)28(23-15-12-10-8-9-11-14-19-24(3)4)34-30(33)27-22-17-16-21-26(27)29(31)32/h24-28H,5-23H2,1-4H3,(H,31,32). The van der Waals surface area contributed by atoms with E-state index in [9.17, 15) is 14.7 Å². The minimum absolute atomic E-state index is 0.0493. The first-order valence-corrected chi connectivity index (χ1v) is 14.8. The lowest BCUT2D eigenvalue weighted by molar-refractivity contribution is -0.166. The Morgan fingerprint density at radius 3 is 1.85 bits per heavy atom. The molecule has 0 spiro atoms. The average molecular weight is 481 g/mol. The first-order chi connectivity index (χ1) is 16.4. The SMILES string of the molecule is CCCCCC(CCC)C(CCCCCCCCCC(C)C)OC(=O)C1CCCCC1C(=O)O. The molecule has 0 aromatic heterocycles. The number of carboxylic acids is 1. The monoisotopic (exact) mass is 480 g/mol. The molecule has 1 rings (SSSR count). The third kappa shape index (κ3) is 13.1. The fourth-order valence-corrected chi connectivity index (χ4v) is 5.66. The van der Waals surface area contributed by atoms with Crippen molar-refractivity contribution in [1.29, 1.82) is 0 Å². The number of unbranched alkanes of at least 4 members (excludes halogenated alkanes) is 8. The number of carbonyl (C=O) groups is 2. The highest BCUT2D eigenvalue weighted by Crippen LogP contribution is 2.33. The summed E-state index contributed by atoms with van der Waals surface area (Å²) in [5, 5.41) is 9.63. The number of rotatable bonds is 20. The summed E-state index contributed by atoms with van der Waals surface area (Å²) in [5.41, 5.74) is 0. The van der Waals surface area contributed by atoms with Gasteiger partial charge in [-0.1, -0.05) is 111 Å². The van der Waals surface area contributed by atoms with E-state index in [1.165, 1.54) is 64.2 Å². The molecule has 0 radical (unpaired) electrons. The van der Waals surface area contributed by atoms with Crippen LogP contribution in [0.15, 0.2) is 0 Å². The van der Waals surface area contributed by atoms with Crippen molar-refractivity contribution >= 4 is 11.9 Å². The van der Waals surface area contributed by atoms with Gasteiger partial charge in [-0.3, -0.25) is 9.59 Å². The van der Waals surface area contributed by atoms with Crippen LogP contribution in [-0.2, 0) is 14.3 Å². The van der Waals surface area contributed by atoms with Crippen LogP contribution in [0.2, 0.25) is 0 Å². The molecule has 1 aliphatic rings. The maximum absolute atomic E-state index is 13.2. The molecule has 4 nitrogen and oxygen atoms in total. The van der Waals surface area contributed by atoms with E-state index in [0.717, 1.165) is 50.9 Å². The van der Waals surface area contributed by atoms with E-state index in [1.807, 2.05) is 0 Å². The van der Waals surface area contributed by atoms with Crippen LogP contribution in [0.3, 0.4) is 0 Å². The maximum atomic E-state index is 13.2. The Balaban J connectivity index is 2.61. The molecule has 200 valence electrons. The Hall–Kier alpha value is -1.06. The van der Waals surface area contributed by atoms with Gasteiger partial charge in [0.05, 0.1) is 11.8 Å². The summed E-state index contributed by atoms with van der Waals surface area (Å²) < 4.78 is 6.20. The number of esters is 1. The molecule has 1 aliphatic carbocycles. The quantitative estimate of drug-likeness (QED) is 0.139. The topological polar surface area (TPSA) is 63.6 Å². The number of carbonyl (C=O) groups excluding carboxylic acids is 1. The van der Waals surface area contributed by atoms with Crippen molar-refractivity contribution < 1.29 is 19.4 Å². The van der Waals surface area contributed by atoms with Crippen molar-refractivity contribution in [3.05, 3.63) is 0 Å². The second kappa shape index (κ2) is 19.2. The van der Waals surface area contributed by atoms with Gasteiger partial charge in [-0.2, -0.15) is 0 Å². The molecular formula is C30H56O4. The van der Waals surface area contributed by atoms with Crippen molar-refractivity contribution in [3.8, 4) is 0 Å². The zero-order valence-corrected chi connectivity index (χ0v) is 23.0. The summed E-state index contributed by atoms with van der Waals surface area (Å²) in [4.78, 5) is 24.9. The molecule has 1 saturated carbocycles. The van der Waals surface area contributed by atoms with Gasteiger partial charge in [-0.05, 0) is 50.4 Å². The minimum atomic E-state index is -0.834. The van der Waals surface area contributed by atoms with Gasteiger partial charge in [-0.25, -0.2) is 0 Å². The molecule has 0 saturated heterocycles. The lowest BCUT2D eigenvalue weighted by Gasteiger charge is -2.32. The lowest BCUT2D eigenvalue weighted by atomic mass is 9.79. The van der Waals surface area contributed by atoms with Crippen molar-refractivity contribution in [2.75, 3.05) is 0 Å². The van der Waals surface area contributed by atoms with Gasteiger partial charge in [0.1, 0.15) is 6.10 Å². The highest BCUT2D eigenvalue weighted by Gasteiger charge is 2.38. The van der Waals surface area contributed by atoms with Gasteiger partial charge in [0.25, 0.3) is 0 Å². The summed E-state index contributed by atoms with van der Waals surface area (Å²) in [6.07, 6.45) is 21.1. The molecule has 0 aromatic rings. The van der Waals surface area contributed by atoms with E-state index in [1.54, 1.807) is 0 Å². The van der Waals surface area contributed by atoms with Crippen LogP contribution in [0.25, 0.3) is 0 Å². The van der Waals surface area contributed by atoms with Gasteiger partial charge < -0.3 is 9.84 Å². The zero-order valence-electron chi connectivity index (χ0n) is 23.0. The molecule has 1 N–H and O–H groups in total. The highest BCUT2D eigenvalue weighted by atomic mass is 16.5. The van der Waals surface area contributed by atoms with E-state index in [4.69, 9.17) is 4.74 Å². The Morgan fingerprint density at radius 1 is 0.735 bits per heavy atom. The number of aliphatic carboxylic acids is 1. The highest BCUT2D eigenvalue weighted by molar-refractivity contribution is 5.81. The molecule has 34 heavy (non-hydrogen) atoms. The third-order valence-corrected chi connectivity index (χ3v) is 7.79. The largest absolute Gasteiger partial charge is 0.481 e. The molecule has 0 bridgehead atoms.